The Kier molecular flexibility index (Phi) is 7.15. The summed E-state index contributed by atoms with van der Waals surface area (Å²) in [5.74, 6) is 2.14. The first-order valence-electron chi connectivity index (χ1n) is 11.1. The molecule has 2 heterocycles. The molecule has 1 saturated heterocycles. The maximum Gasteiger partial charge on any atom is 0.229 e. The number of hydrogen-bond acceptors (Lipinski definition) is 6. The summed E-state index contributed by atoms with van der Waals surface area (Å²) in [5, 5.41) is 7.76. The van der Waals surface area contributed by atoms with E-state index in [2.05, 4.69) is 39.8 Å². The molecule has 33 heavy (non-hydrogen) atoms. The largest absolute Gasteiger partial charge is 0.497 e. The van der Waals surface area contributed by atoms with Gasteiger partial charge in [-0.25, -0.2) is 4.98 Å². The van der Waals surface area contributed by atoms with Crippen LogP contribution in [0.15, 0.2) is 72.8 Å². The number of ether oxygens (including phenoxy) is 1. The minimum atomic E-state index is 0. The molecule has 0 atom stereocenters. The van der Waals surface area contributed by atoms with E-state index in [-0.39, 0.29) is 12.4 Å². The SMILES string of the molecule is COc1ccc(Nc2nc(Nc3ccc(N4CCCCC4)cc3)nc3ccccc23)cc1.Cl. The van der Waals surface area contributed by atoms with E-state index in [9.17, 15) is 0 Å². The highest BCUT2D eigenvalue weighted by atomic mass is 35.5. The molecule has 1 fully saturated rings. The predicted molar refractivity (Wildman–Crippen MR) is 139 cm³/mol. The van der Waals surface area contributed by atoms with Crippen molar-refractivity contribution in [1.82, 2.24) is 9.97 Å². The van der Waals surface area contributed by atoms with Gasteiger partial charge in [0.05, 0.1) is 12.6 Å². The van der Waals surface area contributed by atoms with Crippen molar-refractivity contribution in [3.05, 3.63) is 72.8 Å². The summed E-state index contributed by atoms with van der Waals surface area (Å²) in [6, 6.07) is 24.3. The van der Waals surface area contributed by atoms with E-state index in [0.29, 0.717) is 5.95 Å². The van der Waals surface area contributed by atoms with E-state index in [1.165, 1.54) is 24.9 Å². The van der Waals surface area contributed by atoms with Crippen LogP contribution < -0.4 is 20.3 Å². The number of piperidine rings is 1. The third-order valence-corrected chi connectivity index (χ3v) is 5.80. The number of para-hydroxylation sites is 1. The summed E-state index contributed by atoms with van der Waals surface area (Å²) in [7, 11) is 1.66. The molecule has 0 amide bonds. The quantitative estimate of drug-likeness (QED) is 0.340. The van der Waals surface area contributed by atoms with Gasteiger partial charge in [-0.15, -0.1) is 12.4 Å². The Labute approximate surface area is 200 Å². The number of nitrogens with one attached hydrogen (secondary N) is 2. The lowest BCUT2D eigenvalue weighted by Gasteiger charge is -2.28. The zero-order chi connectivity index (χ0) is 21.8. The van der Waals surface area contributed by atoms with E-state index in [1.54, 1.807) is 7.11 Å². The first-order chi connectivity index (χ1) is 15.8. The van der Waals surface area contributed by atoms with Gasteiger partial charge in [-0.2, -0.15) is 4.98 Å². The number of benzene rings is 3. The number of halogens is 1. The average molecular weight is 462 g/mol. The van der Waals surface area contributed by atoms with Crippen LogP contribution >= 0.6 is 12.4 Å². The van der Waals surface area contributed by atoms with E-state index in [4.69, 9.17) is 14.7 Å². The summed E-state index contributed by atoms with van der Waals surface area (Å²) in [6.07, 6.45) is 3.88. The predicted octanol–water partition coefficient (Wildman–Crippen LogP) is 6.54. The molecule has 0 radical (unpaired) electrons. The molecule has 0 spiro atoms. The van der Waals surface area contributed by atoms with Crippen molar-refractivity contribution in [3.63, 3.8) is 0 Å². The van der Waals surface area contributed by atoms with Crippen molar-refractivity contribution in [2.45, 2.75) is 19.3 Å². The Morgan fingerprint density at radius 3 is 2.15 bits per heavy atom. The summed E-state index contributed by atoms with van der Waals surface area (Å²) >= 11 is 0. The lowest BCUT2D eigenvalue weighted by molar-refractivity contribution is 0.415. The third kappa shape index (κ3) is 5.29. The first-order valence-corrected chi connectivity index (χ1v) is 11.1. The van der Waals surface area contributed by atoms with Crippen LogP contribution in [-0.4, -0.2) is 30.2 Å². The minimum absolute atomic E-state index is 0. The van der Waals surface area contributed by atoms with Gasteiger partial charge in [0, 0.05) is 35.5 Å². The number of methoxy groups -OCH3 is 1. The molecule has 5 rings (SSSR count). The molecule has 7 heteroatoms. The monoisotopic (exact) mass is 461 g/mol. The van der Waals surface area contributed by atoms with Crippen LogP contribution in [0.5, 0.6) is 5.75 Å². The van der Waals surface area contributed by atoms with Crippen LogP contribution in [0.1, 0.15) is 19.3 Å². The highest BCUT2D eigenvalue weighted by Gasteiger charge is 2.12. The molecule has 1 aliphatic heterocycles. The van der Waals surface area contributed by atoms with Crippen molar-refractivity contribution < 1.29 is 4.74 Å². The maximum atomic E-state index is 5.26. The van der Waals surface area contributed by atoms with E-state index < -0.39 is 0 Å². The van der Waals surface area contributed by atoms with Crippen molar-refractivity contribution in [2.75, 3.05) is 35.7 Å². The second kappa shape index (κ2) is 10.4. The van der Waals surface area contributed by atoms with Gasteiger partial charge in [0.2, 0.25) is 5.95 Å². The number of rotatable bonds is 6. The number of anilines is 5. The molecule has 1 aliphatic rings. The first kappa shape index (κ1) is 22.7. The fourth-order valence-corrected chi connectivity index (χ4v) is 4.08. The molecule has 170 valence electrons. The smallest absolute Gasteiger partial charge is 0.229 e. The maximum absolute atomic E-state index is 5.26. The fourth-order valence-electron chi connectivity index (χ4n) is 4.08. The number of nitrogens with zero attached hydrogens (tertiary/aromatic N) is 3. The second-order valence-corrected chi connectivity index (χ2v) is 7.99. The van der Waals surface area contributed by atoms with Crippen LogP contribution in [0, 0.1) is 0 Å². The molecular weight excluding hydrogens is 434 g/mol. The van der Waals surface area contributed by atoms with Gasteiger partial charge >= 0.3 is 0 Å². The Bertz CT molecular complexity index is 1190. The number of fused-ring (bicyclic) bond motifs is 1. The zero-order valence-electron chi connectivity index (χ0n) is 18.6. The Morgan fingerprint density at radius 1 is 0.758 bits per heavy atom. The van der Waals surface area contributed by atoms with Crippen LogP contribution in [0.25, 0.3) is 10.9 Å². The van der Waals surface area contributed by atoms with Gasteiger partial charge in [-0.1, -0.05) is 12.1 Å². The van der Waals surface area contributed by atoms with Crippen LogP contribution in [0.2, 0.25) is 0 Å². The lowest BCUT2D eigenvalue weighted by atomic mass is 10.1. The van der Waals surface area contributed by atoms with Crippen molar-refractivity contribution in [2.24, 2.45) is 0 Å². The Balaban J connectivity index is 0.00000259. The molecule has 0 saturated carbocycles. The van der Waals surface area contributed by atoms with Crippen molar-refractivity contribution in [1.29, 1.82) is 0 Å². The number of hydrogen-bond donors (Lipinski definition) is 2. The van der Waals surface area contributed by atoms with Gasteiger partial charge < -0.3 is 20.3 Å². The third-order valence-electron chi connectivity index (χ3n) is 5.80. The highest BCUT2D eigenvalue weighted by Crippen LogP contribution is 2.28. The van der Waals surface area contributed by atoms with Crippen LogP contribution in [-0.2, 0) is 0 Å². The number of aromatic nitrogens is 2. The summed E-state index contributed by atoms with van der Waals surface area (Å²) in [5.41, 5.74) is 4.06. The zero-order valence-corrected chi connectivity index (χ0v) is 19.4. The lowest BCUT2D eigenvalue weighted by Crippen LogP contribution is -2.29. The molecule has 0 bridgehead atoms. The van der Waals surface area contributed by atoms with Gasteiger partial charge in [0.25, 0.3) is 0 Å². The molecule has 0 aliphatic carbocycles. The molecule has 2 N–H and O–H groups in total. The summed E-state index contributed by atoms with van der Waals surface area (Å²) in [4.78, 5) is 11.9. The summed E-state index contributed by atoms with van der Waals surface area (Å²) < 4.78 is 5.26. The van der Waals surface area contributed by atoms with Gasteiger partial charge in [-0.3, -0.25) is 0 Å². The minimum Gasteiger partial charge on any atom is -0.497 e. The van der Waals surface area contributed by atoms with E-state index in [1.807, 2.05) is 48.5 Å². The van der Waals surface area contributed by atoms with E-state index in [0.717, 1.165) is 46.9 Å². The molecule has 6 nitrogen and oxygen atoms in total. The van der Waals surface area contributed by atoms with Crippen LogP contribution in [0.4, 0.5) is 28.8 Å². The average Bonchev–Trinajstić information content (AvgIpc) is 2.85. The van der Waals surface area contributed by atoms with Crippen molar-refractivity contribution >= 4 is 52.1 Å². The molecule has 0 unspecified atom stereocenters. The molecular formula is C26H28ClN5O. The second-order valence-electron chi connectivity index (χ2n) is 7.99. The molecule has 3 aromatic carbocycles. The normalized spacial score (nSPS) is 13.3. The van der Waals surface area contributed by atoms with E-state index >= 15 is 0 Å². The Hall–Kier alpha value is -3.51. The van der Waals surface area contributed by atoms with Gasteiger partial charge in [0.1, 0.15) is 11.6 Å². The topological polar surface area (TPSA) is 62.3 Å². The molecule has 4 aromatic rings. The summed E-state index contributed by atoms with van der Waals surface area (Å²) in [6.45, 7) is 2.28. The van der Waals surface area contributed by atoms with Crippen molar-refractivity contribution in [3.8, 4) is 5.75 Å². The standard InChI is InChI=1S/C26H27N5O.ClH/c1-32-22-15-11-19(12-16-22)27-25-23-7-3-4-8-24(23)29-26(30-25)28-20-9-13-21(14-10-20)31-17-5-2-6-18-31;/h3-4,7-16H,2,5-6,17-18H2,1H3,(H2,27,28,29,30);1H. The van der Waals surface area contributed by atoms with Gasteiger partial charge in [-0.05, 0) is 79.9 Å². The molecule has 1 aromatic heterocycles. The van der Waals surface area contributed by atoms with Crippen LogP contribution in [0.3, 0.4) is 0 Å². The highest BCUT2D eigenvalue weighted by molar-refractivity contribution is 5.92. The van der Waals surface area contributed by atoms with Gasteiger partial charge in [0.15, 0.2) is 0 Å². The Morgan fingerprint density at radius 2 is 1.42 bits per heavy atom. The fraction of sp³-hybridized carbons (Fsp3) is 0.231.